The Morgan fingerprint density at radius 3 is 2.46 bits per heavy atom. The lowest BCUT2D eigenvalue weighted by Crippen LogP contribution is -2.16. The van der Waals surface area contributed by atoms with Crippen LogP contribution in [0.25, 0.3) is 0 Å². The third kappa shape index (κ3) is 4.42. The van der Waals surface area contributed by atoms with Crippen LogP contribution in [0.4, 0.5) is 5.69 Å². The van der Waals surface area contributed by atoms with Gasteiger partial charge in [-0.2, -0.15) is 0 Å². The number of amides is 1. The summed E-state index contributed by atoms with van der Waals surface area (Å²) in [6.07, 6.45) is 1.01. The molecule has 1 amide bonds. The smallest absolute Gasteiger partial charge is 0.337 e. The van der Waals surface area contributed by atoms with Gasteiger partial charge in [0.2, 0.25) is 5.91 Å². The Morgan fingerprint density at radius 1 is 1.08 bits per heavy atom. The van der Waals surface area contributed by atoms with Crippen LogP contribution in [-0.4, -0.2) is 33.7 Å². The summed E-state index contributed by atoms with van der Waals surface area (Å²) in [5, 5.41) is 2.65. The number of nitrogens with one attached hydrogen (secondary N) is 1. The van der Waals surface area contributed by atoms with Crippen LogP contribution < -0.4 is 5.32 Å². The van der Waals surface area contributed by atoms with Gasteiger partial charge in [0.25, 0.3) is 0 Å². The average Bonchev–Trinajstić information content (AvgIpc) is 2.53. The van der Waals surface area contributed by atoms with Crippen LogP contribution in [0.1, 0.15) is 15.9 Å². The van der Waals surface area contributed by atoms with E-state index in [-0.39, 0.29) is 17.2 Å². The second kappa shape index (κ2) is 7.27. The molecule has 24 heavy (non-hydrogen) atoms. The third-order valence-electron chi connectivity index (χ3n) is 3.29. The number of carbonyl (C=O) groups excluding carboxylic acids is 2. The van der Waals surface area contributed by atoms with E-state index in [4.69, 9.17) is 0 Å². The molecule has 0 fully saturated rings. The molecule has 2 aromatic rings. The van der Waals surface area contributed by atoms with Gasteiger partial charge in [0, 0.05) is 11.9 Å². The number of carbonyl (C=O) groups is 2. The molecule has 0 radical (unpaired) electrons. The van der Waals surface area contributed by atoms with E-state index in [2.05, 4.69) is 10.1 Å². The molecule has 0 aliphatic rings. The van der Waals surface area contributed by atoms with Gasteiger partial charge >= 0.3 is 5.97 Å². The molecule has 0 saturated carbocycles. The maximum Gasteiger partial charge on any atom is 0.337 e. The van der Waals surface area contributed by atoms with Crippen molar-refractivity contribution in [1.82, 2.24) is 0 Å². The van der Waals surface area contributed by atoms with E-state index in [9.17, 15) is 18.0 Å². The van der Waals surface area contributed by atoms with Gasteiger partial charge in [0.05, 0.1) is 24.0 Å². The second-order valence-corrected chi connectivity index (χ2v) is 7.16. The van der Waals surface area contributed by atoms with E-state index < -0.39 is 15.8 Å². The fraction of sp³-hybridized carbons (Fsp3) is 0.176. The molecule has 6 nitrogen and oxygen atoms in total. The lowest BCUT2D eigenvalue weighted by atomic mass is 10.1. The summed E-state index contributed by atoms with van der Waals surface area (Å²) >= 11 is 0. The van der Waals surface area contributed by atoms with Crippen molar-refractivity contribution in [2.45, 2.75) is 11.3 Å². The monoisotopic (exact) mass is 347 g/mol. The third-order valence-corrected chi connectivity index (χ3v) is 4.49. The lowest BCUT2D eigenvalue weighted by molar-refractivity contribution is -0.115. The number of sulfone groups is 1. The molecule has 1 N–H and O–H groups in total. The van der Waals surface area contributed by atoms with Crippen LogP contribution in [-0.2, 0) is 25.8 Å². The largest absolute Gasteiger partial charge is 0.465 e. The highest BCUT2D eigenvalue weighted by Gasteiger charge is 2.15. The molecule has 0 heterocycles. The van der Waals surface area contributed by atoms with E-state index in [0.717, 1.165) is 6.26 Å². The van der Waals surface area contributed by atoms with Crippen LogP contribution >= 0.6 is 0 Å². The Morgan fingerprint density at radius 2 is 1.79 bits per heavy atom. The number of esters is 1. The average molecular weight is 347 g/mol. The van der Waals surface area contributed by atoms with Crippen LogP contribution in [0.2, 0.25) is 0 Å². The highest BCUT2D eigenvalue weighted by atomic mass is 32.2. The van der Waals surface area contributed by atoms with Crippen molar-refractivity contribution in [3.05, 3.63) is 59.7 Å². The van der Waals surface area contributed by atoms with Gasteiger partial charge in [0.15, 0.2) is 9.84 Å². The van der Waals surface area contributed by atoms with E-state index in [1.807, 2.05) is 0 Å². The Labute approximate surface area is 140 Å². The van der Waals surface area contributed by atoms with Crippen molar-refractivity contribution < 1.29 is 22.7 Å². The number of rotatable bonds is 5. The first kappa shape index (κ1) is 17.7. The van der Waals surface area contributed by atoms with E-state index in [0.29, 0.717) is 16.8 Å². The minimum Gasteiger partial charge on any atom is -0.465 e. The predicted octanol–water partition coefficient (Wildman–Crippen LogP) is 2.06. The Bertz CT molecular complexity index is 874. The Kier molecular flexibility index (Phi) is 5.35. The second-order valence-electron chi connectivity index (χ2n) is 5.18. The van der Waals surface area contributed by atoms with Crippen molar-refractivity contribution in [2.75, 3.05) is 18.7 Å². The molecule has 7 heteroatoms. The standard InChI is InChI=1S/C17H17NO5S/c1-23-17(20)13-7-5-8-14(10-13)18-16(19)11-12-6-3-4-9-15(12)24(2,21)22/h3-10H,11H2,1-2H3,(H,18,19). The molecule has 0 aliphatic carbocycles. The molecule has 0 aliphatic heterocycles. The molecule has 2 aromatic carbocycles. The van der Waals surface area contributed by atoms with Crippen molar-refractivity contribution in [3.8, 4) is 0 Å². The summed E-state index contributed by atoms with van der Waals surface area (Å²) in [5.74, 6) is -0.887. The van der Waals surface area contributed by atoms with Gasteiger partial charge < -0.3 is 10.1 Å². The van der Waals surface area contributed by atoms with Crippen molar-refractivity contribution in [2.24, 2.45) is 0 Å². The first-order chi connectivity index (χ1) is 11.3. The summed E-state index contributed by atoms with van der Waals surface area (Å²) in [5.41, 5.74) is 1.16. The minimum absolute atomic E-state index is 0.0916. The molecule has 2 rings (SSSR count). The number of benzene rings is 2. The van der Waals surface area contributed by atoms with E-state index >= 15 is 0 Å². The number of methoxy groups -OCH3 is 1. The molecule has 0 bridgehead atoms. The van der Waals surface area contributed by atoms with Crippen LogP contribution in [0.3, 0.4) is 0 Å². The quantitative estimate of drug-likeness (QED) is 0.836. The number of hydrogen-bond donors (Lipinski definition) is 1. The summed E-state index contributed by atoms with van der Waals surface area (Å²) in [6, 6.07) is 12.7. The summed E-state index contributed by atoms with van der Waals surface area (Å²) in [4.78, 5) is 23.8. The summed E-state index contributed by atoms with van der Waals surface area (Å²) in [6.45, 7) is 0. The topological polar surface area (TPSA) is 89.5 Å². The Hall–Kier alpha value is -2.67. The molecule has 126 valence electrons. The van der Waals surface area contributed by atoms with Crippen molar-refractivity contribution >= 4 is 27.4 Å². The number of anilines is 1. The van der Waals surface area contributed by atoms with Crippen LogP contribution in [0, 0.1) is 0 Å². The zero-order valence-corrected chi connectivity index (χ0v) is 14.1. The molecule has 0 saturated heterocycles. The Balaban J connectivity index is 2.17. The fourth-order valence-corrected chi connectivity index (χ4v) is 3.17. The van der Waals surface area contributed by atoms with E-state index in [1.54, 1.807) is 36.4 Å². The van der Waals surface area contributed by atoms with Gasteiger partial charge in [-0.05, 0) is 29.8 Å². The van der Waals surface area contributed by atoms with Gasteiger partial charge in [0.1, 0.15) is 0 Å². The zero-order chi connectivity index (χ0) is 17.7. The molecule has 0 aromatic heterocycles. The zero-order valence-electron chi connectivity index (χ0n) is 13.3. The van der Waals surface area contributed by atoms with Crippen LogP contribution in [0.5, 0.6) is 0 Å². The minimum atomic E-state index is -3.41. The lowest BCUT2D eigenvalue weighted by Gasteiger charge is -2.09. The van der Waals surface area contributed by atoms with E-state index in [1.165, 1.54) is 19.2 Å². The van der Waals surface area contributed by atoms with Crippen molar-refractivity contribution in [1.29, 1.82) is 0 Å². The first-order valence-corrected chi connectivity index (χ1v) is 8.96. The summed E-state index contributed by atoms with van der Waals surface area (Å²) in [7, 11) is -2.14. The fourth-order valence-electron chi connectivity index (χ4n) is 2.23. The molecular formula is C17H17NO5S. The molecular weight excluding hydrogens is 330 g/mol. The summed E-state index contributed by atoms with van der Waals surface area (Å²) < 4.78 is 28.2. The maximum atomic E-state index is 12.2. The number of hydrogen-bond acceptors (Lipinski definition) is 5. The normalized spacial score (nSPS) is 10.9. The van der Waals surface area contributed by atoms with Crippen LogP contribution in [0.15, 0.2) is 53.4 Å². The van der Waals surface area contributed by atoms with Gasteiger partial charge in [-0.3, -0.25) is 4.79 Å². The molecule has 0 atom stereocenters. The molecule has 0 spiro atoms. The van der Waals surface area contributed by atoms with Gasteiger partial charge in [-0.1, -0.05) is 24.3 Å². The predicted molar refractivity (Wildman–Crippen MR) is 89.7 cm³/mol. The SMILES string of the molecule is COC(=O)c1cccc(NC(=O)Cc2ccccc2S(C)(=O)=O)c1. The highest BCUT2D eigenvalue weighted by Crippen LogP contribution is 2.17. The molecule has 0 unspecified atom stereocenters. The van der Waals surface area contributed by atoms with Crippen molar-refractivity contribution in [3.63, 3.8) is 0 Å². The van der Waals surface area contributed by atoms with Gasteiger partial charge in [-0.25, -0.2) is 13.2 Å². The first-order valence-electron chi connectivity index (χ1n) is 7.07. The maximum absolute atomic E-state index is 12.2. The number of ether oxygens (including phenoxy) is 1. The highest BCUT2D eigenvalue weighted by molar-refractivity contribution is 7.90. The van der Waals surface area contributed by atoms with Gasteiger partial charge in [-0.15, -0.1) is 0 Å².